The Kier molecular flexibility index (Phi) is 8.03. The minimum absolute atomic E-state index is 0. The quantitative estimate of drug-likeness (QED) is 0.730. The number of aliphatic hydroxyl groups excluding tert-OH is 1. The zero-order chi connectivity index (χ0) is 18.4. The Hall–Kier alpha value is -2.15. The van der Waals surface area contributed by atoms with Gasteiger partial charge in [-0.25, -0.2) is 4.98 Å². The fourth-order valence-electron chi connectivity index (χ4n) is 3.03. The average molecular weight is 392 g/mol. The summed E-state index contributed by atoms with van der Waals surface area (Å²) in [5, 5.41) is 10.2. The second-order valence-electron chi connectivity index (χ2n) is 6.52. The Morgan fingerprint density at radius 2 is 1.85 bits per heavy atom. The first-order valence-electron chi connectivity index (χ1n) is 8.92. The third-order valence-electron chi connectivity index (χ3n) is 4.52. The first-order valence-corrected chi connectivity index (χ1v) is 8.92. The van der Waals surface area contributed by atoms with Crippen molar-refractivity contribution >= 4 is 24.0 Å². The second-order valence-corrected chi connectivity index (χ2v) is 6.52. The molecule has 0 radical (unpaired) electrons. The van der Waals surface area contributed by atoms with Crippen LogP contribution in [0.25, 0.3) is 0 Å². The third kappa shape index (κ3) is 6.20. The van der Waals surface area contributed by atoms with Gasteiger partial charge in [0.2, 0.25) is 0 Å². The number of β-amino-alcohol motifs (C(OH)–C–C–N with tert-alkyl or cyclic N) is 1. The van der Waals surface area contributed by atoms with Crippen LogP contribution in [-0.4, -0.2) is 66.2 Å². The predicted octanol–water partition coefficient (Wildman–Crippen LogP) is 2.27. The number of aliphatic hydroxyl groups is 1. The molecule has 0 amide bonds. The maximum absolute atomic E-state index is 11.3. The normalized spacial score (nSPS) is 15.7. The molecule has 2 aromatic rings. The molecule has 6 nitrogen and oxygen atoms in total. The summed E-state index contributed by atoms with van der Waals surface area (Å²) in [5.41, 5.74) is 0.656. The van der Waals surface area contributed by atoms with Gasteiger partial charge in [0.25, 0.3) is 0 Å². The monoisotopic (exact) mass is 391 g/mol. The van der Waals surface area contributed by atoms with E-state index in [2.05, 4.69) is 14.8 Å². The molecule has 0 bridgehead atoms. The highest BCUT2D eigenvalue weighted by Crippen LogP contribution is 2.14. The van der Waals surface area contributed by atoms with Crippen LogP contribution in [-0.2, 0) is 0 Å². The molecule has 0 saturated carbocycles. The number of nitrogens with zero attached hydrogens (tertiary/aromatic N) is 3. The summed E-state index contributed by atoms with van der Waals surface area (Å²) < 4.78 is 5.63. The van der Waals surface area contributed by atoms with Crippen LogP contribution in [0.15, 0.2) is 48.7 Å². The van der Waals surface area contributed by atoms with Crippen molar-refractivity contribution in [2.24, 2.45) is 0 Å². The lowest BCUT2D eigenvalue weighted by Crippen LogP contribution is -2.49. The van der Waals surface area contributed by atoms with Gasteiger partial charge in [-0.3, -0.25) is 9.69 Å². The molecule has 146 valence electrons. The number of Topliss-reactive ketones (excluding diaryl/α,β-unsaturated/α-hetero) is 1. The number of ether oxygens (including phenoxy) is 1. The van der Waals surface area contributed by atoms with Gasteiger partial charge in [0.15, 0.2) is 5.78 Å². The molecule has 7 heteroatoms. The van der Waals surface area contributed by atoms with Crippen molar-refractivity contribution in [1.29, 1.82) is 0 Å². The first-order chi connectivity index (χ1) is 12.6. The molecule has 1 saturated heterocycles. The highest BCUT2D eigenvalue weighted by molar-refractivity contribution is 5.94. The highest BCUT2D eigenvalue weighted by Gasteiger charge is 2.20. The van der Waals surface area contributed by atoms with Crippen LogP contribution < -0.4 is 9.64 Å². The van der Waals surface area contributed by atoms with Gasteiger partial charge in [0.1, 0.15) is 24.3 Å². The van der Waals surface area contributed by atoms with Crippen molar-refractivity contribution < 1.29 is 14.6 Å². The van der Waals surface area contributed by atoms with Crippen LogP contribution in [0.2, 0.25) is 0 Å². The molecule has 1 N–H and O–H groups in total. The second kappa shape index (κ2) is 10.3. The van der Waals surface area contributed by atoms with Crippen molar-refractivity contribution in [1.82, 2.24) is 9.88 Å². The molecule has 1 unspecified atom stereocenters. The largest absolute Gasteiger partial charge is 0.491 e. The topological polar surface area (TPSA) is 65.9 Å². The van der Waals surface area contributed by atoms with Gasteiger partial charge in [-0.1, -0.05) is 6.07 Å². The van der Waals surface area contributed by atoms with Crippen molar-refractivity contribution in [3.05, 3.63) is 54.2 Å². The fraction of sp³-hybridized carbons (Fsp3) is 0.400. The van der Waals surface area contributed by atoms with Crippen LogP contribution in [0.1, 0.15) is 17.3 Å². The molecular formula is C20H26ClN3O3. The molecule has 3 rings (SSSR count). The maximum Gasteiger partial charge on any atom is 0.159 e. The van der Waals surface area contributed by atoms with Crippen molar-refractivity contribution in [3.63, 3.8) is 0 Å². The van der Waals surface area contributed by atoms with Gasteiger partial charge in [-0.15, -0.1) is 12.4 Å². The maximum atomic E-state index is 11.3. The lowest BCUT2D eigenvalue weighted by molar-refractivity contribution is 0.0662. The average Bonchev–Trinajstić information content (AvgIpc) is 2.68. The van der Waals surface area contributed by atoms with Gasteiger partial charge in [-0.2, -0.15) is 0 Å². The number of aromatic nitrogens is 1. The van der Waals surface area contributed by atoms with Gasteiger partial charge < -0.3 is 14.7 Å². The number of pyridine rings is 1. The summed E-state index contributed by atoms with van der Waals surface area (Å²) in [5.74, 6) is 1.69. The summed E-state index contributed by atoms with van der Waals surface area (Å²) in [6, 6.07) is 12.9. The number of halogens is 1. The van der Waals surface area contributed by atoms with Crippen LogP contribution >= 0.6 is 12.4 Å². The summed E-state index contributed by atoms with van der Waals surface area (Å²) >= 11 is 0. The Labute approximate surface area is 166 Å². The summed E-state index contributed by atoms with van der Waals surface area (Å²) in [4.78, 5) is 20.2. The molecular weight excluding hydrogens is 366 g/mol. The lowest BCUT2D eigenvalue weighted by Gasteiger charge is -2.36. The van der Waals surface area contributed by atoms with E-state index in [4.69, 9.17) is 4.74 Å². The highest BCUT2D eigenvalue weighted by atomic mass is 35.5. The van der Waals surface area contributed by atoms with Crippen molar-refractivity contribution in [2.45, 2.75) is 13.0 Å². The zero-order valence-electron chi connectivity index (χ0n) is 15.5. The van der Waals surface area contributed by atoms with E-state index in [0.717, 1.165) is 32.0 Å². The van der Waals surface area contributed by atoms with Crippen molar-refractivity contribution in [2.75, 3.05) is 44.2 Å². The lowest BCUT2D eigenvalue weighted by atomic mass is 10.1. The van der Waals surface area contributed by atoms with Gasteiger partial charge in [0, 0.05) is 44.5 Å². The number of ketones is 1. The van der Waals surface area contributed by atoms with Crippen LogP contribution in [0.3, 0.4) is 0 Å². The molecule has 2 heterocycles. The molecule has 1 aromatic carbocycles. The Bertz CT molecular complexity index is 704. The van der Waals surface area contributed by atoms with E-state index in [1.165, 1.54) is 6.92 Å². The molecule has 1 fully saturated rings. The molecule has 1 aromatic heterocycles. The third-order valence-corrected chi connectivity index (χ3v) is 4.52. The van der Waals surface area contributed by atoms with E-state index in [0.29, 0.717) is 17.9 Å². The predicted molar refractivity (Wildman–Crippen MR) is 108 cm³/mol. The number of carbonyl (C=O) groups excluding carboxylic acids is 1. The molecule has 27 heavy (non-hydrogen) atoms. The molecule has 1 atom stereocenters. The number of benzene rings is 1. The van der Waals surface area contributed by atoms with Crippen molar-refractivity contribution in [3.8, 4) is 5.75 Å². The Morgan fingerprint density at radius 3 is 2.44 bits per heavy atom. The Morgan fingerprint density at radius 1 is 1.15 bits per heavy atom. The number of piperazine rings is 1. The summed E-state index contributed by atoms with van der Waals surface area (Å²) in [7, 11) is 0. The minimum atomic E-state index is -0.552. The SMILES string of the molecule is CC(=O)c1ccc(OCC(O)CN2CCN(c3ccccn3)CC2)cc1.Cl. The number of anilines is 1. The van der Waals surface area contributed by atoms with Gasteiger partial charge in [-0.05, 0) is 43.3 Å². The minimum Gasteiger partial charge on any atom is -0.491 e. The standard InChI is InChI=1S/C20H25N3O3.ClH/c1-16(24)17-5-7-19(8-6-17)26-15-18(25)14-22-10-12-23(13-11-22)20-4-2-3-9-21-20;/h2-9,18,25H,10-15H2,1H3;1H. The van der Waals surface area contributed by atoms with Crippen LogP contribution in [0.4, 0.5) is 5.82 Å². The first kappa shape index (κ1) is 21.2. The van der Waals surface area contributed by atoms with E-state index < -0.39 is 6.10 Å². The summed E-state index contributed by atoms with van der Waals surface area (Å²) in [6.45, 7) is 5.94. The van der Waals surface area contributed by atoms with Crippen LogP contribution in [0.5, 0.6) is 5.75 Å². The van der Waals surface area contributed by atoms with Gasteiger partial charge >= 0.3 is 0 Å². The molecule has 1 aliphatic rings. The number of rotatable bonds is 7. The van der Waals surface area contributed by atoms with Gasteiger partial charge in [0.05, 0.1) is 0 Å². The molecule has 0 aliphatic carbocycles. The number of hydrogen-bond donors (Lipinski definition) is 1. The van der Waals surface area contributed by atoms with E-state index in [9.17, 15) is 9.90 Å². The van der Waals surface area contributed by atoms with E-state index in [-0.39, 0.29) is 24.8 Å². The van der Waals surface area contributed by atoms with E-state index >= 15 is 0 Å². The zero-order valence-corrected chi connectivity index (χ0v) is 16.3. The van der Waals surface area contributed by atoms with E-state index in [1.807, 2.05) is 24.4 Å². The smallest absolute Gasteiger partial charge is 0.159 e. The number of carbonyl (C=O) groups is 1. The molecule has 1 aliphatic heterocycles. The Balaban J connectivity index is 0.00000261. The van der Waals surface area contributed by atoms with E-state index in [1.54, 1.807) is 24.3 Å². The fourth-order valence-corrected chi connectivity index (χ4v) is 3.03. The van der Waals surface area contributed by atoms with Crippen LogP contribution in [0, 0.1) is 0 Å². The number of hydrogen-bond acceptors (Lipinski definition) is 6. The molecule has 0 spiro atoms. The summed E-state index contributed by atoms with van der Waals surface area (Å²) in [6.07, 6.45) is 1.26.